The summed E-state index contributed by atoms with van der Waals surface area (Å²) in [6.45, 7) is 1.84. The van der Waals surface area contributed by atoms with Crippen molar-refractivity contribution in [1.82, 2.24) is 5.32 Å². The molecule has 1 aliphatic heterocycles. The smallest absolute Gasteiger partial charge is 0.171 e. The normalized spacial score (nSPS) is 24.9. The van der Waals surface area contributed by atoms with Gasteiger partial charge >= 0.3 is 0 Å². The van der Waals surface area contributed by atoms with Crippen LogP contribution >= 0.6 is 12.2 Å². The molecular formula is C12H16N2O3S2. The van der Waals surface area contributed by atoms with Gasteiger partial charge in [0.15, 0.2) is 14.9 Å². The molecule has 1 atom stereocenters. The Morgan fingerprint density at radius 3 is 2.79 bits per heavy atom. The average molecular weight is 300 g/mol. The monoisotopic (exact) mass is 300 g/mol. The highest BCUT2D eigenvalue weighted by Crippen LogP contribution is 2.23. The highest BCUT2D eigenvalue weighted by molar-refractivity contribution is 7.91. The van der Waals surface area contributed by atoms with E-state index in [-0.39, 0.29) is 17.3 Å². The van der Waals surface area contributed by atoms with Crippen LogP contribution in [0.15, 0.2) is 24.3 Å². The van der Waals surface area contributed by atoms with Crippen molar-refractivity contribution in [1.29, 1.82) is 0 Å². The summed E-state index contributed by atoms with van der Waals surface area (Å²) in [5.41, 5.74) is 0.127. The van der Waals surface area contributed by atoms with E-state index in [9.17, 15) is 13.5 Å². The molecule has 2 rings (SSSR count). The van der Waals surface area contributed by atoms with Gasteiger partial charge in [-0.05, 0) is 37.7 Å². The lowest BCUT2D eigenvalue weighted by atomic mass is 10.0. The minimum Gasteiger partial charge on any atom is -0.508 e. The quantitative estimate of drug-likeness (QED) is 0.714. The number of rotatable bonds is 2. The van der Waals surface area contributed by atoms with Crippen LogP contribution < -0.4 is 10.6 Å². The van der Waals surface area contributed by atoms with Crippen LogP contribution in [0, 0.1) is 0 Å². The van der Waals surface area contributed by atoms with E-state index in [1.54, 1.807) is 24.3 Å². The van der Waals surface area contributed by atoms with Crippen LogP contribution in [0.25, 0.3) is 0 Å². The Morgan fingerprint density at radius 1 is 1.47 bits per heavy atom. The molecule has 1 aliphatic rings. The Labute approximate surface area is 117 Å². The molecule has 3 N–H and O–H groups in total. The lowest BCUT2D eigenvalue weighted by molar-refractivity contribution is 0.474. The van der Waals surface area contributed by atoms with E-state index in [1.165, 1.54) is 0 Å². The summed E-state index contributed by atoms with van der Waals surface area (Å²) in [7, 11) is -2.97. The highest BCUT2D eigenvalue weighted by Gasteiger charge is 2.38. The Bertz CT molecular complexity index is 601. The van der Waals surface area contributed by atoms with Gasteiger partial charge in [0.2, 0.25) is 0 Å². The van der Waals surface area contributed by atoms with Gasteiger partial charge in [-0.3, -0.25) is 0 Å². The lowest BCUT2D eigenvalue weighted by Crippen LogP contribution is -2.48. The van der Waals surface area contributed by atoms with Gasteiger partial charge < -0.3 is 15.7 Å². The fourth-order valence-corrected chi connectivity index (χ4v) is 4.59. The molecule has 0 aliphatic carbocycles. The van der Waals surface area contributed by atoms with Crippen molar-refractivity contribution in [2.45, 2.75) is 18.9 Å². The molecule has 1 saturated heterocycles. The summed E-state index contributed by atoms with van der Waals surface area (Å²) >= 11 is 5.16. The van der Waals surface area contributed by atoms with Gasteiger partial charge in [-0.25, -0.2) is 8.42 Å². The second kappa shape index (κ2) is 4.97. The Balaban J connectivity index is 1.99. The zero-order valence-corrected chi connectivity index (χ0v) is 12.1. The topological polar surface area (TPSA) is 78.4 Å². The zero-order valence-electron chi connectivity index (χ0n) is 10.5. The number of hydrogen-bond acceptors (Lipinski definition) is 4. The molecule has 0 saturated carbocycles. The van der Waals surface area contributed by atoms with Crippen molar-refractivity contribution in [3.8, 4) is 5.75 Å². The number of sulfone groups is 1. The van der Waals surface area contributed by atoms with E-state index in [0.717, 1.165) is 0 Å². The standard InChI is InChI=1S/C12H16N2O3S2/c1-12(5-6-19(16,17)8-12)14-11(18)13-9-3-2-4-10(15)7-9/h2-4,7,15H,5-6,8H2,1H3,(H2,13,14,18)/t12-/m0/s1. The first kappa shape index (κ1) is 14.1. The van der Waals surface area contributed by atoms with Crippen LogP contribution in [0.4, 0.5) is 5.69 Å². The number of benzene rings is 1. The van der Waals surface area contributed by atoms with E-state index in [0.29, 0.717) is 17.2 Å². The lowest BCUT2D eigenvalue weighted by Gasteiger charge is -2.26. The summed E-state index contributed by atoms with van der Waals surface area (Å²) in [6.07, 6.45) is 0.539. The van der Waals surface area contributed by atoms with Crippen LogP contribution in [0.3, 0.4) is 0 Å². The third kappa shape index (κ3) is 3.81. The molecule has 0 bridgehead atoms. The van der Waals surface area contributed by atoms with Gasteiger partial charge in [0.1, 0.15) is 5.75 Å². The molecule has 5 nitrogen and oxygen atoms in total. The number of hydrogen-bond donors (Lipinski definition) is 3. The molecular weight excluding hydrogens is 284 g/mol. The molecule has 7 heteroatoms. The molecule has 1 aromatic rings. The van der Waals surface area contributed by atoms with Gasteiger partial charge in [-0.2, -0.15) is 0 Å². The van der Waals surface area contributed by atoms with E-state index in [1.807, 2.05) is 6.92 Å². The van der Waals surface area contributed by atoms with Crippen molar-refractivity contribution < 1.29 is 13.5 Å². The average Bonchev–Trinajstić information content (AvgIpc) is 2.52. The van der Waals surface area contributed by atoms with E-state index < -0.39 is 15.4 Å². The summed E-state index contributed by atoms with van der Waals surface area (Å²) < 4.78 is 23.0. The summed E-state index contributed by atoms with van der Waals surface area (Å²) in [6, 6.07) is 6.57. The molecule has 104 valence electrons. The predicted octanol–water partition coefficient (Wildman–Crippen LogP) is 1.26. The second-order valence-corrected chi connectivity index (χ2v) is 7.62. The summed E-state index contributed by atoms with van der Waals surface area (Å²) in [5.74, 6) is 0.412. The molecule has 0 radical (unpaired) electrons. The number of thiocarbonyl (C=S) groups is 1. The first-order chi connectivity index (χ1) is 8.78. The van der Waals surface area contributed by atoms with Crippen LogP contribution in [0.5, 0.6) is 5.75 Å². The van der Waals surface area contributed by atoms with Crippen molar-refractivity contribution in [3.63, 3.8) is 0 Å². The fraction of sp³-hybridized carbons (Fsp3) is 0.417. The molecule has 1 heterocycles. The predicted molar refractivity (Wildman–Crippen MR) is 79.1 cm³/mol. The molecule has 1 fully saturated rings. The summed E-state index contributed by atoms with van der Waals surface area (Å²) in [4.78, 5) is 0. The molecule has 0 aromatic heterocycles. The largest absolute Gasteiger partial charge is 0.508 e. The molecule has 0 amide bonds. The van der Waals surface area contributed by atoms with Crippen molar-refractivity contribution in [2.75, 3.05) is 16.8 Å². The molecule has 19 heavy (non-hydrogen) atoms. The fourth-order valence-electron chi connectivity index (χ4n) is 2.13. The third-order valence-electron chi connectivity index (χ3n) is 3.02. The maximum atomic E-state index is 11.5. The Morgan fingerprint density at radius 2 is 2.21 bits per heavy atom. The van der Waals surface area contributed by atoms with Crippen LogP contribution in [-0.2, 0) is 9.84 Å². The SMILES string of the molecule is C[C@]1(NC(=S)Nc2cccc(O)c2)CCS(=O)(=O)C1. The first-order valence-corrected chi connectivity index (χ1v) is 8.10. The number of phenols is 1. The minimum atomic E-state index is -2.97. The zero-order chi connectivity index (χ0) is 14.1. The van der Waals surface area contributed by atoms with Gasteiger partial charge in [-0.1, -0.05) is 6.07 Å². The highest BCUT2D eigenvalue weighted by atomic mass is 32.2. The van der Waals surface area contributed by atoms with Gasteiger partial charge in [0, 0.05) is 11.8 Å². The number of aromatic hydroxyl groups is 1. The van der Waals surface area contributed by atoms with Crippen LogP contribution in [0.1, 0.15) is 13.3 Å². The number of phenolic OH excluding ortho intramolecular Hbond substituents is 1. The Kier molecular flexibility index (Phi) is 3.69. The first-order valence-electron chi connectivity index (χ1n) is 5.87. The number of nitrogens with one attached hydrogen (secondary N) is 2. The van der Waals surface area contributed by atoms with Crippen molar-refractivity contribution in [2.24, 2.45) is 0 Å². The number of anilines is 1. The van der Waals surface area contributed by atoms with E-state index in [2.05, 4.69) is 10.6 Å². The maximum Gasteiger partial charge on any atom is 0.171 e. The minimum absolute atomic E-state index is 0.0852. The third-order valence-corrected chi connectivity index (χ3v) is 5.13. The van der Waals surface area contributed by atoms with Gasteiger partial charge in [0.05, 0.1) is 17.0 Å². The maximum absolute atomic E-state index is 11.5. The van der Waals surface area contributed by atoms with Crippen molar-refractivity contribution in [3.05, 3.63) is 24.3 Å². The second-order valence-electron chi connectivity index (χ2n) is 5.03. The van der Waals surface area contributed by atoms with Crippen LogP contribution in [0.2, 0.25) is 0 Å². The molecule has 1 aromatic carbocycles. The van der Waals surface area contributed by atoms with E-state index in [4.69, 9.17) is 12.2 Å². The summed E-state index contributed by atoms with van der Waals surface area (Å²) in [5, 5.41) is 15.7. The van der Waals surface area contributed by atoms with Crippen molar-refractivity contribution >= 4 is 32.9 Å². The Hall–Kier alpha value is -1.34. The van der Waals surface area contributed by atoms with Gasteiger partial charge in [0.25, 0.3) is 0 Å². The van der Waals surface area contributed by atoms with Gasteiger partial charge in [-0.15, -0.1) is 0 Å². The van der Waals surface area contributed by atoms with E-state index >= 15 is 0 Å². The van der Waals surface area contributed by atoms with Crippen LogP contribution in [-0.4, -0.2) is 35.7 Å². The molecule has 0 spiro atoms. The molecule has 0 unspecified atom stereocenters.